The Hall–Kier alpha value is -2.33. The molecule has 2 aromatic carbocycles. The summed E-state index contributed by atoms with van der Waals surface area (Å²) in [6.07, 6.45) is 3.95. The van der Waals surface area contributed by atoms with Crippen LogP contribution >= 0.6 is 11.6 Å². The summed E-state index contributed by atoms with van der Waals surface area (Å²) in [4.78, 5) is 27.6. The van der Waals surface area contributed by atoms with Gasteiger partial charge in [0.05, 0.1) is 0 Å². The fourth-order valence-electron chi connectivity index (χ4n) is 4.22. The minimum absolute atomic E-state index is 0.0426. The first-order chi connectivity index (χ1) is 14.9. The van der Waals surface area contributed by atoms with Gasteiger partial charge < -0.3 is 10.2 Å². The molecule has 1 aliphatic rings. The lowest BCUT2D eigenvalue weighted by atomic mass is 9.89. The number of nitrogens with zero attached hydrogens (tertiary/aromatic N) is 1. The van der Waals surface area contributed by atoms with Crippen molar-refractivity contribution in [1.29, 1.82) is 0 Å². The summed E-state index contributed by atoms with van der Waals surface area (Å²) in [7, 11) is 0. The normalized spacial score (nSPS) is 15.7. The molecular weight excluding hydrogens is 408 g/mol. The van der Waals surface area contributed by atoms with Gasteiger partial charge in [-0.1, -0.05) is 67.9 Å². The van der Waals surface area contributed by atoms with Crippen molar-refractivity contribution in [1.82, 2.24) is 10.2 Å². The minimum atomic E-state index is -0.462. The van der Waals surface area contributed by atoms with Gasteiger partial charge in [0, 0.05) is 24.5 Å². The van der Waals surface area contributed by atoms with Gasteiger partial charge in [0.2, 0.25) is 11.8 Å². The third-order valence-electron chi connectivity index (χ3n) is 6.11. The van der Waals surface area contributed by atoms with Gasteiger partial charge in [-0.15, -0.1) is 0 Å². The zero-order chi connectivity index (χ0) is 22.2. The SMILES string of the molecule is CC(C)[C@@H](NC(=O)CCCc1ccccc1)C(=O)N1CCC(c2ccc(Cl)cc2)CC1. The molecule has 5 heteroatoms. The summed E-state index contributed by atoms with van der Waals surface area (Å²) < 4.78 is 0. The van der Waals surface area contributed by atoms with E-state index in [0.717, 1.165) is 43.8 Å². The smallest absolute Gasteiger partial charge is 0.245 e. The van der Waals surface area contributed by atoms with E-state index in [-0.39, 0.29) is 17.7 Å². The third-order valence-corrected chi connectivity index (χ3v) is 6.36. The predicted octanol–water partition coefficient (Wildman–Crippen LogP) is 5.21. The van der Waals surface area contributed by atoms with Crippen molar-refractivity contribution in [2.45, 2.75) is 57.9 Å². The number of rotatable bonds is 8. The number of carbonyl (C=O) groups is 2. The number of nitrogens with one attached hydrogen (secondary N) is 1. The van der Waals surface area contributed by atoms with Crippen LogP contribution < -0.4 is 5.32 Å². The molecule has 1 N–H and O–H groups in total. The molecule has 4 nitrogen and oxygen atoms in total. The third kappa shape index (κ3) is 6.83. The highest BCUT2D eigenvalue weighted by Crippen LogP contribution is 2.29. The summed E-state index contributed by atoms with van der Waals surface area (Å²) in [5.41, 5.74) is 2.51. The Balaban J connectivity index is 1.48. The van der Waals surface area contributed by atoms with Crippen LogP contribution in [0.2, 0.25) is 5.02 Å². The first-order valence-electron chi connectivity index (χ1n) is 11.3. The van der Waals surface area contributed by atoms with E-state index < -0.39 is 6.04 Å². The van der Waals surface area contributed by atoms with E-state index >= 15 is 0 Å². The Kier molecular flexibility index (Phi) is 8.53. The molecule has 0 bridgehead atoms. The molecule has 0 unspecified atom stereocenters. The monoisotopic (exact) mass is 440 g/mol. The van der Waals surface area contributed by atoms with Crippen LogP contribution in [-0.4, -0.2) is 35.8 Å². The molecule has 3 rings (SSSR count). The average molecular weight is 441 g/mol. The van der Waals surface area contributed by atoms with Crippen molar-refractivity contribution >= 4 is 23.4 Å². The maximum Gasteiger partial charge on any atom is 0.245 e. The molecule has 0 radical (unpaired) electrons. The molecule has 1 saturated heterocycles. The second-order valence-electron chi connectivity index (χ2n) is 8.78. The lowest BCUT2D eigenvalue weighted by Crippen LogP contribution is -2.52. The Bertz CT molecular complexity index is 843. The minimum Gasteiger partial charge on any atom is -0.344 e. The van der Waals surface area contributed by atoms with Gasteiger partial charge in [0.1, 0.15) is 6.04 Å². The number of carbonyl (C=O) groups excluding carboxylic acids is 2. The van der Waals surface area contributed by atoms with Gasteiger partial charge in [0.15, 0.2) is 0 Å². The Morgan fingerprint density at radius 2 is 1.68 bits per heavy atom. The van der Waals surface area contributed by atoms with E-state index in [1.807, 2.05) is 49.1 Å². The van der Waals surface area contributed by atoms with Crippen molar-refractivity contribution in [2.75, 3.05) is 13.1 Å². The lowest BCUT2D eigenvalue weighted by molar-refractivity contribution is -0.138. The summed E-state index contributed by atoms with van der Waals surface area (Å²) in [5.74, 6) is 0.506. The molecule has 1 fully saturated rings. The molecule has 2 amide bonds. The number of hydrogen-bond donors (Lipinski definition) is 1. The number of hydrogen-bond acceptors (Lipinski definition) is 2. The van der Waals surface area contributed by atoms with Crippen LogP contribution in [0, 0.1) is 5.92 Å². The molecule has 0 aromatic heterocycles. The summed E-state index contributed by atoms with van der Waals surface area (Å²) in [5, 5.41) is 3.75. The Morgan fingerprint density at radius 3 is 2.29 bits per heavy atom. The maximum absolute atomic E-state index is 13.2. The quantitative estimate of drug-likeness (QED) is 0.612. The molecule has 0 saturated carbocycles. The number of piperidine rings is 1. The predicted molar refractivity (Wildman–Crippen MR) is 126 cm³/mol. The molecule has 1 aliphatic heterocycles. The first kappa shape index (κ1) is 23.3. The van der Waals surface area contributed by atoms with Crippen molar-refractivity contribution < 1.29 is 9.59 Å². The highest BCUT2D eigenvalue weighted by atomic mass is 35.5. The summed E-state index contributed by atoms with van der Waals surface area (Å²) in [6.45, 7) is 5.43. The zero-order valence-corrected chi connectivity index (χ0v) is 19.3. The van der Waals surface area contributed by atoms with Crippen molar-refractivity contribution in [3.05, 3.63) is 70.7 Å². The molecule has 31 heavy (non-hydrogen) atoms. The average Bonchev–Trinajstić information content (AvgIpc) is 2.78. The fraction of sp³-hybridized carbons (Fsp3) is 0.462. The fourth-order valence-corrected chi connectivity index (χ4v) is 4.35. The molecule has 1 heterocycles. The Labute approximate surface area is 191 Å². The first-order valence-corrected chi connectivity index (χ1v) is 11.7. The van der Waals surface area contributed by atoms with Gasteiger partial charge in [-0.25, -0.2) is 0 Å². The molecule has 166 valence electrons. The maximum atomic E-state index is 13.2. The van der Waals surface area contributed by atoms with Crippen molar-refractivity contribution in [3.63, 3.8) is 0 Å². The van der Waals surface area contributed by atoms with Gasteiger partial charge >= 0.3 is 0 Å². The number of halogens is 1. The van der Waals surface area contributed by atoms with E-state index in [4.69, 9.17) is 11.6 Å². The highest BCUT2D eigenvalue weighted by molar-refractivity contribution is 6.30. The molecule has 1 atom stereocenters. The molecule has 0 aliphatic carbocycles. The van der Waals surface area contributed by atoms with Crippen LogP contribution in [-0.2, 0) is 16.0 Å². The van der Waals surface area contributed by atoms with Crippen molar-refractivity contribution in [3.8, 4) is 0 Å². The van der Waals surface area contributed by atoms with Gasteiger partial charge in [0.25, 0.3) is 0 Å². The molecule has 0 spiro atoms. The van der Waals surface area contributed by atoms with E-state index in [1.54, 1.807) is 0 Å². The van der Waals surface area contributed by atoms with Gasteiger partial charge in [-0.2, -0.15) is 0 Å². The number of likely N-dealkylation sites (tertiary alicyclic amines) is 1. The van der Waals surface area contributed by atoms with Crippen LogP contribution in [0.4, 0.5) is 0 Å². The van der Waals surface area contributed by atoms with Gasteiger partial charge in [-0.3, -0.25) is 9.59 Å². The van der Waals surface area contributed by atoms with Gasteiger partial charge in [-0.05, 0) is 60.8 Å². The van der Waals surface area contributed by atoms with Crippen LogP contribution in [0.3, 0.4) is 0 Å². The highest BCUT2D eigenvalue weighted by Gasteiger charge is 2.31. The largest absolute Gasteiger partial charge is 0.344 e. The van der Waals surface area contributed by atoms with Crippen LogP contribution in [0.25, 0.3) is 0 Å². The number of amides is 2. The Morgan fingerprint density at radius 1 is 1.03 bits per heavy atom. The van der Waals surface area contributed by atoms with E-state index in [1.165, 1.54) is 11.1 Å². The van der Waals surface area contributed by atoms with Crippen LogP contribution in [0.5, 0.6) is 0 Å². The van der Waals surface area contributed by atoms with Crippen molar-refractivity contribution in [2.24, 2.45) is 5.92 Å². The topological polar surface area (TPSA) is 49.4 Å². The van der Waals surface area contributed by atoms with E-state index in [9.17, 15) is 9.59 Å². The molecule has 2 aromatic rings. The second-order valence-corrected chi connectivity index (χ2v) is 9.22. The number of aryl methyl sites for hydroxylation is 1. The van der Waals surface area contributed by atoms with E-state index in [2.05, 4.69) is 29.6 Å². The summed E-state index contributed by atoms with van der Waals surface area (Å²) >= 11 is 6.00. The van der Waals surface area contributed by atoms with Crippen LogP contribution in [0.15, 0.2) is 54.6 Å². The second kappa shape index (κ2) is 11.3. The standard InChI is InChI=1S/C26H33ClN2O2/c1-19(2)25(28-24(30)10-6-9-20-7-4-3-5-8-20)26(31)29-17-15-22(16-18-29)21-11-13-23(27)14-12-21/h3-5,7-8,11-14,19,22,25H,6,9-10,15-18H2,1-2H3,(H,28,30)/t25-/m1/s1. The lowest BCUT2D eigenvalue weighted by Gasteiger charge is -2.35. The zero-order valence-electron chi connectivity index (χ0n) is 18.5. The van der Waals surface area contributed by atoms with E-state index in [0.29, 0.717) is 12.3 Å². The summed E-state index contributed by atoms with van der Waals surface area (Å²) in [6, 6.07) is 17.7. The van der Waals surface area contributed by atoms with Crippen LogP contribution in [0.1, 0.15) is 56.6 Å². The number of benzene rings is 2. The molecular formula is C26H33ClN2O2.